The first-order valence-electron chi connectivity index (χ1n) is 4.66. The molecule has 0 aliphatic heterocycles. The van der Waals surface area contributed by atoms with Gasteiger partial charge in [-0.05, 0) is 25.5 Å². The lowest BCUT2D eigenvalue weighted by Gasteiger charge is -2.07. The predicted molar refractivity (Wildman–Crippen MR) is 62.2 cm³/mol. The van der Waals surface area contributed by atoms with Gasteiger partial charge in [0.25, 0.3) is 6.43 Å². The summed E-state index contributed by atoms with van der Waals surface area (Å²) in [6.45, 7) is 1.93. The maximum atomic E-state index is 11.8. The van der Waals surface area contributed by atoms with Gasteiger partial charge in [0, 0.05) is 16.4 Å². The number of rotatable bonds is 6. The van der Waals surface area contributed by atoms with Crippen LogP contribution in [0, 0.1) is 6.92 Å². The predicted octanol–water partition coefficient (Wildman–Crippen LogP) is 4.16. The van der Waals surface area contributed by atoms with Crippen molar-refractivity contribution in [1.29, 1.82) is 0 Å². The molecule has 0 spiro atoms. The Balaban J connectivity index is 2.21. The Labute approximate surface area is 101 Å². The molecule has 1 aromatic rings. The van der Waals surface area contributed by atoms with Gasteiger partial charge in [-0.25, -0.2) is 8.78 Å². The van der Waals surface area contributed by atoms with Crippen molar-refractivity contribution in [2.24, 2.45) is 0 Å². The van der Waals surface area contributed by atoms with Gasteiger partial charge in [-0.1, -0.05) is 15.9 Å². The molecule has 0 saturated heterocycles. The summed E-state index contributed by atoms with van der Waals surface area (Å²) in [5.41, 5.74) is 0. The monoisotopic (exact) mass is 298 g/mol. The number of hydrogen-bond donors (Lipinski definition) is 0. The summed E-state index contributed by atoms with van der Waals surface area (Å²) in [5.74, 6) is 0. The maximum absolute atomic E-state index is 11.8. The summed E-state index contributed by atoms with van der Waals surface area (Å²) in [4.78, 5) is 2.67. The molecule has 1 atom stereocenters. The summed E-state index contributed by atoms with van der Waals surface area (Å²) in [6, 6.07) is 4.10. The van der Waals surface area contributed by atoms with Crippen molar-refractivity contribution in [1.82, 2.24) is 0 Å². The Hall–Kier alpha value is -0.0000000000000000555. The van der Waals surface area contributed by atoms with Crippen LogP contribution in [0.15, 0.2) is 12.1 Å². The molecular formula is C10H13BrF2OS. The molecule has 0 amide bonds. The van der Waals surface area contributed by atoms with Crippen molar-refractivity contribution in [2.45, 2.75) is 24.6 Å². The zero-order chi connectivity index (χ0) is 11.3. The molecule has 0 radical (unpaired) electrons. The molecule has 1 aromatic heterocycles. The number of hydrogen-bond acceptors (Lipinski definition) is 2. The van der Waals surface area contributed by atoms with E-state index in [1.807, 2.05) is 19.1 Å². The van der Waals surface area contributed by atoms with Crippen LogP contribution >= 0.6 is 27.3 Å². The van der Waals surface area contributed by atoms with Gasteiger partial charge in [0.2, 0.25) is 0 Å². The van der Waals surface area contributed by atoms with Gasteiger partial charge in [-0.2, -0.15) is 0 Å². The van der Waals surface area contributed by atoms with E-state index < -0.39 is 13.0 Å². The Morgan fingerprint density at radius 1 is 1.47 bits per heavy atom. The van der Waals surface area contributed by atoms with Gasteiger partial charge in [0.15, 0.2) is 0 Å². The second-order valence-electron chi connectivity index (χ2n) is 3.17. The van der Waals surface area contributed by atoms with Crippen LogP contribution in [0.4, 0.5) is 8.78 Å². The van der Waals surface area contributed by atoms with E-state index in [1.165, 1.54) is 9.75 Å². The average molecular weight is 299 g/mol. The Morgan fingerprint density at radius 2 is 2.20 bits per heavy atom. The van der Waals surface area contributed by atoms with Crippen LogP contribution in [0.5, 0.6) is 0 Å². The molecule has 0 saturated carbocycles. The van der Waals surface area contributed by atoms with E-state index in [1.54, 1.807) is 11.3 Å². The van der Waals surface area contributed by atoms with Gasteiger partial charge < -0.3 is 4.74 Å². The zero-order valence-corrected chi connectivity index (χ0v) is 10.8. The topological polar surface area (TPSA) is 9.23 Å². The van der Waals surface area contributed by atoms with Crippen LogP contribution in [0.1, 0.15) is 21.0 Å². The molecular weight excluding hydrogens is 286 g/mol. The molecule has 1 nitrogen and oxygen atoms in total. The highest BCUT2D eigenvalue weighted by Crippen LogP contribution is 2.31. The van der Waals surface area contributed by atoms with E-state index in [9.17, 15) is 8.78 Å². The first-order chi connectivity index (χ1) is 7.09. The number of ether oxygens (including phenoxy) is 1. The summed E-state index contributed by atoms with van der Waals surface area (Å²) in [7, 11) is 0. The van der Waals surface area contributed by atoms with Crippen LogP contribution in [0.25, 0.3) is 0 Å². The molecule has 15 heavy (non-hydrogen) atoms. The first-order valence-corrected chi connectivity index (χ1v) is 6.39. The fourth-order valence-electron chi connectivity index (χ4n) is 1.12. The van der Waals surface area contributed by atoms with Crippen molar-refractivity contribution in [3.8, 4) is 0 Å². The zero-order valence-electron chi connectivity index (χ0n) is 8.38. The minimum Gasteiger partial charge on any atom is -0.375 e. The van der Waals surface area contributed by atoms with E-state index in [-0.39, 0.29) is 4.83 Å². The number of halogens is 3. The minimum atomic E-state index is -2.37. The quantitative estimate of drug-likeness (QED) is 0.566. The fraction of sp³-hybridized carbons (Fsp3) is 0.600. The molecule has 1 heterocycles. The lowest BCUT2D eigenvalue weighted by Crippen LogP contribution is -2.06. The van der Waals surface area contributed by atoms with E-state index in [4.69, 9.17) is 4.74 Å². The Bertz CT molecular complexity index is 291. The molecule has 1 rings (SSSR count). The standard InChI is InChI=1S/C10H13BrF2OS/c1-7-2-3-9(15-7)8(11)4-5-14-6-10(12)13/h2-3,8,10H,4-6H2,1H3. The van der Waals surface area contributed by atoms with Crippen LogP contribution in [0.3, 0.4) is 0 Å². The minimum absolute atomic E-state index is 0.203. The summed E-state index contributed by atoms with van der Waals surface area (Å²) in [6.07, 6.45) is -1.66. The number of alkyl halides is 3. The molecule has 0 fully saturated rings. The van der Waals surface area contributed by atoms with E-state index in [0.29, 0.717) is 13.0 Å². The van der Waals surface area contributed by atoms with Crippen LogP contribution in [0.2, 0.25) is 0 Å². The van der Waals surface area contributed by atoms with Crippen LogP contribution in [-0.2, 0) is 4.74 Å². The van der Waals surface area contributed by atoms with Gasteiger partial charge in [-0.15, -0.1) is 11.3 Å². The highest BCUT2D eigenvalue weighted by molar-refractivity contribution is 9.09. The van der Waals surface area contributed by atoms with Crippen molar-refractivity contribution in [3.63, 3.8) is 0 Å². The third-order valence-corrected chi connectivity index (χ3v) is 4.20. The van der Waals surface area contributed by atoms with Gasteiger partial charge in [0.05, 0.1) is 4.83 Å². The van der Waals surface area contributed by atoms with Crippen molar-refractivity contribution >= 4 is 27.3 Å². The van der Waals surface area contributed by atoms with Gasteiger partial charge in [-0.3, -0.25) is 0 Å². The number of thiophene rings is 1. The molecule has 86 valence electrons. The normalized spacial score (nSPS) is 13.4. The lowest BCUT2D eigenvalue weighted by atomic mass is 10.3. The van der Waals surface area contributed by atoms with Gasteiger partial charge >= 0.3 is 0 Å². The first kappa shape index (κ1) is 13.1. The second kappa shape index (κ2) is 6.55. The molecule has 0 N–H and O–H groups in total. The van der Waals surface area contributed by atoms with Gasteiger partial charge in [0.1, 0.15) is 6.61 Å². The van der Waals surface area contributed by atoms with E-state index in [0.717, 1.165) is 0 Å². The molecule has 5 heteroatoms. The Morgan fingerprint density at radius 3 is 2.73 bits per heavy atom. The SMILES string of the molecule is Cc1ccc(C(Br)CCOCC(F)F)s1. The van der Waals surface area contributed by atoms with E-state index in [2.05, 4.69) is 15.9 Å². The Kier molecular flexibility index (Phi) is 5.71. The summed E-state index contributed by atoms with van der Waals surface area (Å²) >= 11 is 5.22. The molecule has 0 aromatic carbocycles. The number of aryl methyl sites for hydroxylation is 1. The van der Waals surface area contributed by atoms with Crippen LogP contribution in [-0.4, -0.2) is 19.6 Å². The van der Waals surface area contributed by atoms with Crippen LogP contribution < -0.4 is 0 Å². The van der Waals surface area contributed by atoms with Crippen molar-refractivity contribution in [3.05, 3.63) is 21.9 Å². The van der Waals surface area contributed by atoms with E-state index >= 15 is 0 Å². The second-order valence-corrected chi connectivity index (χ2v) is 5.60. The molecule has 0 aliphatic rings. The fourth-order valence-corrected chi connectivity index (χ4v) is 2.63. The third kappa shape index (κ3) is 5.04. The summed E-state index contributed by atoms with van der Waals surface area (Å²) in [5, 5.41) is 0. The third-order valence-electron chi connectivity index (χ3n) is 1.83. The highest BCUT2D eigenvalue weighted by Gasteiger charge is 2.10. The molecule has 0 bridgehead atoms. The van der Waals surface area contributed by atoms with Crippen molar-refractivity contribution < 1.29 is 13.5 Å². The van der Waals surface area contributed by atoms with Crippen molar-refractivity contribution in [2.75, 3.05) is 13.2 Å². The molecule has 1 unspecified atom stereocenters. The molecule has 0 aliphatic carbocycles. The smallest absolute Gasteiger partial charge is 0.261 e. The lowest BCUT2D eigenvalue weighted by molar-refractivity contribution is 0.0168. The average Bonchev–Trinajstić information content (AvgIpc) is 2.59. The summed E-state index contributed by atoms with van der Waals surface area (Å²) < 4.78 is 28.3. The highest BCUT2D eigenvalue weighted by atomic mass is 79.9. The maximum Gasteiger partial charge on any atom is 0.261 e. The largest absolute Gasteiger partial charge is 0.375 e.